The highest BCUT2D eigenvalue weighted by atomic mass is 15.1. The maximum atomic E-state index is 4.47. The number of hydrogen-bond acceptors (Lipinski definition) is 4. The Morgan fingerprint density at radius 3 is 2.50 bits per heavy atom. The van der Waals surface area contributed by atoms with Crippen LogP contribution in [0.1, 0.15) is 38.7 Å². The van der Waals surface area contributed by atoms with Crippen molar-refractivity contribution >= 4 is 5.82 Å². The highest BCUT2D eigenvalue weighted by molar-refractivity contribution is 5.35. The molecule has 1 heterocycles. The van der Waals surface area contributed by atoms with Crippen molar-refractivity contribution in [3.05, 3.63) is 17.6 Å². The molecule has 0 unspecified atom stereocenters. The molecule has 0 aliphatic heterocycles. The molecule has 0 bridgehead atoms. The molecule has 0 fully saturated rings. The average molecular weight is 250 g/mol. The van der Waals surface area contributed by atoms with E-state index in [0.29, 0.717) is 0 Å². The zero-order chi connectivity index (χ0) is 13.4. The highest BCUT2D eigenvalue weighted by Gasteiger charge is 2.01. The van der Waals surface area contributed by atoms with Gasteiger partial charge >= 0.3 is 0 Å². The smallest absolute Gasteiger partial charge is 0.130 e. The lowest BCUT2D eigenvalue weighted by Crippen LogP contribution is -2.25. The molecule has 0 aliphatic carbocycles. The lowest BCUT2D eigenvalue weighted by molar-refractivity contribution is 0.303. The average Bonchev–Trinajstić information content (AvgIpc) is 2.38. The molecule has 18 heavy (non-hydrogen) atoms. The summed E-state index contributed by atoms with van der Waals surface area (Å²) in [4.78, 5) is 11.3. The van der Waals surface area contributed by atoms with Crippen molar-refractivity contribution in [2.45, 2.75) is 40.5 Å². The van der Waals surface area contributed by atoms with E-state index in [-0.39, 0.29) is 0 Å². The molecule has 4 heteroatoms. The second kappa shape index (κ2) is 8.03. The van der Waals surface area contributed by atoms with Crippen molar-refractivity contribution in [2.24, 2.45) is 0 Å². The third kappa shape index (κ3) is 5.00. The van der Waals surface area contributed by atoms with Gasteiger partial charge in [-0.2, -0.15) is 0 Å². The quantitative estimate of drug-likeness (QED) is 0.720. The van der Waals surface area contributed by atoms with Crippen molar-refractivity contribution in [1.29, 1.82) is 0 Å². The van der Waals surface area contributed by atoms with E-state index in [9.17, 15) is 0 Å². The monoisotopic (exact) mass is 250 g/mol. The number of rotatable bonds is 8. The van der Waals surface area contributed by atoms with Gasteiger partial charge in [-0.3, -0.25) is 0 Å². The zero-order valence-electron chi connectivity index (χ0n) is 12.2. The van der Waals surface area contributed by atoms with Crippen molar-refractivity contribution in [2.75, 3.05) is 31.5 Å². The molecular weight excluding hydrogens is 224 g/mol. The van der Waals surface area contributed by atoms with E-state index >= 15 is 0 Å². The number of hydrogen-bond donors (Lipinski definition) is 1. The van der Waals surface area contributed by atoms with E-state index in [1.807, 2.05) is 13.0 Å². The van der Waals surface area contributed by atoms with Crippen molar-refractivity contribution in [1.82, 2.24) is 14.9 Å². The summed E-state index contributed by atoms with van der Waals surface area (Å²) >= 11 is 0. The van der Waals surface area contributed by atoms with Crippen LogP contribution in [-0.2, 0) is 6.42 Å². The molecule has 1 rings (SSSR count). The minimum Gasteiger partial charge on any atom is -0.370 e. The highest BCUT2D eigenvalue weighted by Crippen LogP contribution is 2.06. The molecule has 102 valence electrons. The largest absolute Gasteiger partial charge is 0.370 e. The van der Waals surface area contributed by atoms with Crippen molar-refractivity contribution in [3.63, 3.8) is 0 Å². The summed E-state index contributed by atoms with van der Waals surface area (Å²) in [5.41, 5.74) is 1.04. The van der Waals surface area contributed by atoms with Gasteiger partial charge in [-0.15, -0.1) is 0 Å². The fraction of sp³-hybridized carbons (Fsp3) is 0.714. The Hall–Kier alpha value is -1.16. The fourth-order valence-corrected chi connectivity index (χ4v) is 1.94. The van der Waals surface area contributed by atoms with E-state index in [4.69, 9.17) is 0 Å². The van der Waals surface area contributed by atoms with Crippen LogP contribution in [0, 0.1) is 6.92 Å². The molecule has 0 spiro atoms. The second-order valence-electron chi connectivity index (χ2n) is 4.47. The first-order valence-corrected chi connectivity index (χ1v) is 7.00. The van der Waals surface area contributed by atoms with Crippen LogP contribution in [0.15, 0.2) is 6.07 Å². The first-order chi connectivity index (χ1) is 8.69. The van der Waals surface area contributed by atoms with Crippen LogP contribution in [0.3, 0.4) is 0 Å². The van der Waals surface area contributed by atoms with Crippen LogP contribution in [0.25, 0.3) is 0 Å². The Morgan fingerprint density at radius 2 is 1.89 bits per heavy atom. The van der Waals surface area contributed by atoms with E-state index in [1.165, 1.54) is 0 Å². The van der Waals surface area contributed by atoms with E-state index < -0.39 is 0 Å². The molecule has 0 aliphatic rings. The standard InChI is InChI=1S/C14H26N4/c1-5-13-16-12(4)11-14(17-13)15-9-8-10-18(6-2)7-3/h11H,5-10H2,1-4H3,(H,15,16,17). The Labute approximate surface area is 111 Å². The molecule has 1 aromatic rings. The molecule has 0 aromatic carbocycles. The van der Waals surface area contributed by atoms with Gasteiger partial charge in [0.1, 0.15) is 11.6 Å². The molecule has 1 N–H and O–H groups in total. The molecule has 0 atom stereocenters. The van der Waals surface area contributed by atoms with Gasteiger partial charge in [0.15, 0.2) is 0 Å². The van der Waals surface area contributed by atoms with Crippen LogP contribution < -0.4 is 5.32 Å². The summed E-state index contributed by atoms with van der Waals surface area (Å²) < 4.78 is 0. The van der Waals surface area contributed by atoms with Gasteiger partial charge in [-0.05, 0) is 33.0 Å². The lowest BCUT2D eigenvalue weighted by Gasteiger charge is -2.17. The molecule has 4 nitrogen and oxygen atoms in total. The Balaban J connectivity index is 2.37. The van der Waals surface area contributed by atoms with Crippen LogP contribution in [0.5, 0.6) is 0 Å². The number of nitrogens with zero attached hydrogens (tertiary/aromatic N) is 3. The van der Waals surface area contributed by atoms with Gasteiger partial charge in [0.05, 0.1) is 0 Å². The SMILES string of the molecule is CCc1nc(C)cc(NCCCN(CC)CC)n1. The summed E-state index contributed by atoms with van der Waals surface area (Å²) in [7, 11) is 0. The predicted octanol–water partition coefficient (Wildman–Crippen LogP) is 2.49. The van der Waals surface area contributed by atoms with Crippen LogP contribution in [0.2, 0.25) is 0 Å². The third-order valence-electron chi connectivity index (χ3n) is 3.07. The second-order valence-corrected chi connectivity index (χ2v) is 4.47. The molecule has 0 radical (unpaired) electrons. The summed E-state index contributed by atoms with van der Waals surface area (Å²) in [6, 6.07) is 2.01. The lowest BCUT2D eigenvalue weighted by atomic mass is 10.3. The summed E-state index contributed by atoms with van der Waals surface area (Å²) in [6.45, 7) is 12.9. The third-order valence-corrected chi connectivity index (χ3v) is 3.07. The Bertz CT molecular complexity index is 348. The number of anilines is 1. The van der Waals surface area contributed by atoms with Gasteiger partial charge in [0.25, 0.3) is 0 Å². The number of aryl methyl sites for hydroxylation is 2. The Kier molecular flexibility index (Phi) is 6.65. The van der Waals surface area contributed by atoms with Crippen molar-refractivity contribution < 1.29 is 0 Å². The van der Waals surface area contributed by atoms with Gasteiger partial charge in [-0.25, -0.2) is 9.97 Å². The molecule has 0 saturated heterocycles. The number of aromatic nitrogens is 2. The van der Waals surface area contributed by atoms with Gasteiger partial charge in [-0.1, -0.05) is 20.8 Å². The molecular formula is C14H26N4. The minimum atomic E-state index is 0.885. The van der Waals surface area contributed by atoms with Crippen LogP contribution in [0.4, 0.5) is 5.82 Å². The van der Waals surface area contributed by atoms with Crippen LogP contribution >= 0.6 is 0 Å². The maximum Gasteiger partial charge on any atom is 0.130 e. The Morgan fingerprint density at radius 1 is 1.17 bits per heavy atom. The molecule has 0 amide bonds. The van der Waals surface area contributed by atoms with Crippen molar-refractivity contribution in [3.8, 4) is 0 Å². The first-order valence-electron chi connectivity index (χ1n) is 7.00. The fourth-order valence-electron chi connectivity index (χ4n) is 1.94. The van der Waals surface area contributed by atoms with Gasteiger partial charge in [0, 0.05) is 24.7 Å². The van der Waals surface area contributed by atoms with E-state index in [2.05, 4.69) is 41.0 Å². The maximum absolute atomic E-state index is 4.47. The van der Waals surface area contributed by atoms with Gasteiger partial charge in [0.2, 0.25) is 0 Å². The van der Waals surface area contributed by atoms with Gasteiger partial charge < -0.3 is 10.2 Å². The predicted molar refractivity (Wildman–Crippen MR) is 77.0 cm³/mol. The normalized spacial score (nSPS) is 10.9. The topological polar surface area (TPSA) is 41.1 Å². The number of nitrogens with one attached hydrogen (secondary N) is 1. The zero-order valence-corrected chi connectivity index (χ0v) is 12.2. The minimum absolute atomic E-state index is 0.885. The molecule has 1 aromatic heterocycles. The summed E-state index contributed by atoms with van der Waals surface area (Å²) in [6.07, 6.45) is 2.03. The van der Waals surface area contributed by atoms with E-state index in [1.54, 1.807) is 0 Å². The van der Waals surface area contributed by atoms with Crippen LogP contribution in [-0.4, -0.2) is 41.0 Å². The molecule has 0 saturated carbocycles. The first kappa shape index (κ1) is 14.9. The van der Waals surface area contributed by atoms with E-state index in [0.717, 1.165) is 56.4 Å². The summed E-state index contributed by atoms with van der Waals surface area (Å²) in [5, 5.41) is 3.39. The summed E-state index contributed by atoms with van der Waals surface area (Å²) in [5.74, 6) is 1.88.